The van der Waals surface area contributed by atoms with E-state index >= 15 is 0 Å². The van der Waals surface area contributed by atoms with Gasteiger partial charge in [-0.2, -0.15) is 0 Å². The van der Waals surface area contributed by atoms with E-state index in [9.17, 15) is 4.79 Å². The third kappa shape index (κ3) is 3.88. The van der Waals surface area contributed by atoms with Crippen molar-refractivity contribution in [2.75, 3.05) is 17.2 Å². The van der Waals surface area contributed by atoms with Gasteiger partial charge in [0, 0.05) is 10.2 Å². The standard InChI is InChI=1S/C14H11BrCl2N2O/c15-9-4-1-2-7-12(9)18-8-13(20)19-14-10(16)5-3-6-11(14)17/h1-7,18H,8H2,(H,19,20). The Kier molecular flexibility index (Phi) is 5.29. The molecule has 0 saturated heterocycles. The summed E-state index contributed by atoms with van der Waals surface area (Å²) < 4.78 is 0.892. The van der Waals surface area contributed by atoms with Crippen molar-refractivity contribution in [1.29, 1.82) is 0 Å². The van der Waals surface area contributed by atoms with Crippen molar-refractivity contribution in [3.05, 3.63) is 57.0 Å². The first kappa shape index (κ1) is 15.2. The van der Waals surface area contributed by atoms with Crippen LogP contribution in [0.2, 0.25) is 10.0 Å². The summed E-state index contributed by atoms with van der Waals surface area (Å²) in [4.78, 5) is 11.9. The van der Waals surface area contributed by atoms with Crippen LogP contribution in [0.25, 0.3) is 0 Å². The number of carbonyl (C=O) groups is 1. The summed E-state index contributed by atoms with van der Waals surface area (Å²) in [5, 5.41) is 6.53. The van der Waals surface area contributed by atoms with Gasteiger partial charge < -0.3 is 10.6 Å². The first-order valence-electron chi connectivity index (χ1n) is 5.80. The number of hydrogen-bond acceptors (Lipinski definition) is 2. The van der Waals surface area contributed by atoms with Gasteiger partial charge in [-0.25, -0.2) is 0 Å². The van der Waals surface area contributed by atoms with Gasteiger partial charge in [0.25, 0.3) is 0 Å². The molecular formula is C14H11BrCl2N2O. The van der Waals surface area contributed by atoms with Crippen LogP contribution in [-0.2, 0) is 4.79 Å². The Morgan fingerprint density at radius 3 is 2.35 bits per heavy atom. The van der Waals surface area contributed by atoms with E-state index < -0.39 is 0 Å². The zero-order valence-corrected chi connectivity index (χ0v) is 13.4. The van der Waals surface area contributed by atoms with Crippen molar-refractivity contribution in [2.45, 2.75) is 0 Å². The van der Waals surface area contributed by atoms with Crippen molar-refractivity contribution in [3.63, 3.8) is 0 Å². The lowest BCUT2D eigenvalue weighted by Crippen LogP contribution is -2.22. The van der Waals surface area contributed by atoms with Crippen molar-refractivity contribution in [2.24, 2.45) is 0 Å². The number of benzene rings is 2. The molecule has 0 bridgehead atoms. The Balaban J connectivity index is 1.98. The largest absolute Gasteiger partial charge is 0.375 e. The molecule has 0 saturated carbocycles. The Labute approximate surface area is 135 Å². The number of halogens is 3. The highest BCUT2D eigenvalue weighted by atomic mass is 79.9. The molecule has 0 radical (unpaired) electrons. The van der Waals surface area contributed by atoms with E-state index in [0.29, 0.717) is 15.7 Å². The maximum atomic E-state index is 11.9. The molecule has 1 amide bonds. The molecule has 2 rings (SSSR count). The fourth-order valence-electron chi connectivity index (χ4n) is 1.58. The van der Waals surface area contributed by atoms with Crippen molar-refractivity contribution in [3.8, 4) is 0 Å². The van der Waals surface area contributed by atoms with Crippen molar-refractivity contribution >= 4 is 56.4 Å². The van der Waals surface area contributed by atoms with Gasteiger partial charge in [-0.1, -0.05) is 41.4 Å². The number of anilines is 2. The molecule has 0 atom stereocenters. The van der Waals surface area contributed by atoms with Crippen LogP contribution in [0.5, 0.6) is 0 Å². The van der Waals surface area contributed by atoms with Crippen LogP contribution in [0.15, 0.2) is 46.9 Å². The summed E-state index contributed by atoms with van der Waals surface area (Å²) >= 11 is 15.4. The summed E-state index contributed by atoms with van der Waals surface area (Å²) in [5.41, 5.74) is 1.27. The summed E-state index contributed by atoms with van der Waals surface area (Å²) in [6, 6.07) is 12.6. The van der Waals surface area contributed by atoms with E-state index in [1.54, 1.807) is 18.2 Å². The molecule has 2 N–H and O–H groups in total. The van der Waals surface area contributed by atoms with E-state index in [2.05, 4.69) is 26.6 Å². The van der Waals surface area contributed by atoms with Gasteiger partial charge in [0.05, 0.1) is 22.3 Å². The molecule has 3 nitrogen and oxygen atoms in total. The van der Waals surface area contributed by atoms with Gasteiger partial charge in [-0.3, -0.25) is 4.79 Å². The summed E-state index contributed by atoms with van der Waals surface area (Å²) in [5.74, 6) is -0.226. The second-order valence-corrected chi connectivity index (χ2v) is 5.65. The summed E-state index contributed by atoms with van der Waals surface area (Å²) in [6.45, 7) is 0.115. The van der Waals surface area contributed by atoms with Crippen LogP contribution >= 0.6 is 39.1 Å². The van der Waals surface area contributed by atoms with Crippen molar-refractivity contribution in [1.82, 2.24) is 0 Å². The lowest BCUT2D eigenvalue weighted by atomic mass is 10.3. The molecule has 104 valence electrons. The smallest absolute Gasteiger partial charge is 0.243 e. The predicted molar refractivity (Wildman–Crippen MR) is 87.7 cm³/mol. The van der Waals surface area contributed by atoms with Gasteiger partial charge in [0.15, 0.2) is 0 Å². The molecule has 0 fully saturated rings. The molecule has 0 spiro atoms. The van der Waals surface area contributed by atoms with Gasteiger partial charge >= 0.3 is 0 Å². The average Bonchev–Trinajstić information content (AvgIpc) is 2.42. The Hall–Kier alpha value is -1.23. The molecule has 2 aromatic rings. The monoisotopic (exact) mass is 372 g/mol. The van der Waals surface area contributed by atoms with Crippen LogP contribution < -0.4 is 10.6 Å². The van der Waals surface area contributed by atoms with E-state index in [1.807, 2.05) is 24.3 Å². The van der Waals surface area contributed by atoms with Gasteiger partial charge in [0.2, 0.25) is 5.91 Å². The van der Waals surface area contributed by atoms with E-state index in [0.717, 1.165) is 10.2 Å². The highest BCUT2D eigenvalue weighted by molar-refractivity contribution is 9.10. The first-order chi connectivity index (χ1) is 9.58. The zero-order valence-electron chi connectivity index (χ0n) is 10.3. The number of carbonyl (C=O) groups excluding carboxylic acids is 1. The van der Waals surface area contributed by atoms with Crippen LogP contribution in [0.3, 0.4) is 0 Å². The number of rotatable bonds is 4. The van der Waals surface area contributed by atoms with Gasteiger partial charge in [-0.15, -0.1) is 0 Å². The minimum absolute atomic E-state index is 0.115. The van der Waals surface area contributed by atoms with E-state index in [4.69, 9.17) is 23.2 Å². The molecule has 0 aliphatic rings. The zero-order chi connectivity index (χ0) is 14.5. The number of nitrogens with one attached hydrogen (secondary N) is 2. The fraction of sp³-hybridized carbons (Fsp3) is 0.0714. The van der Waals surface area contributed by atoms with Crippen LogP contribution in [0, 0.1) is 0 Å². The van der Waals surface area contributed by atoms with E-state index in [1.165, 1.54) is 0 Å². The lowest BCUT2D eigenvalue weighted by molar-refractivity contribution is -0.114. The molecule has 20 heavy (non-hydrogen) atoms. The van der Waals surface area contributed by atoms with Crippen LogP contribution in [0.4, 0.5) is 11.4 Å². The molecule has 6 heteroatoms. The average molecular weight is 374 g/mol. The molecule has 2 aromatic carbocycles. The SMILES string of the molecule is O=C(CNc1ccccc1Br)Nc1c(Cl)cccc1Cl. The normalized spacial score (nSPS) is 10.2. The summed E-state index contributed by atoms with van der Waals surface area (Å²) in [7, 11) is 0. The number of para-hydroxylation sites is 2. The quantitative estimate of drug-likeness (QED) is 0.807. The molecule has 0 aromatic heterocycles. The number of hydrogen-bond donors (Lipinski definition) is 2. The second-order valence-electron chi connectivity index (χ2n) is 3.98. The fourth-order valence-corrected chi connectivity index (χ4v) is 2.50. The minimum Gasteiger partial charge on any atom is -0.375 e. The molecule has 0 aliphatic heterocycles. The Morgan fingerprint density at radius 2 is 1.70 bits per heavy atom. The molecule has 0 unspecified atom stereocenters. The maximum absolute atomic E-state index is 11.9. The summed E-state index contributed by atoms with van der Waals surface area (Å²) in [6.07, 6.45) is 0. The third-order valence-corrected chi connectivity index (χ3v) is 3.86. The highest BCUT2D eigenvalue weighted by Crippen LogP contribution is 2.29. The topological polar surface area (TPSA) is 41.1 Å². The Morgan fingerprint density at radius 1 is 1.05 bits per heavy atom. The highest BCUT2D eigenvalue weighted by Gasteiger charge is 2.09. The third-order valence-electron chi connectivity index (χ3n) is 2.54. The maximum Gasteiger partial charge on any atom is 0.243 e. The van der Waals surface area contributed by atoms with Gasteiger partial charge in [-0.05, 0) is 40.2 Å². The van der Waals surface area contributed by atoms with Crippen LogP contribution in [0.1, 0.15) is 0 Å². The van der Waals surface area contributed by atoms with Crippen molar-refractivity contribution < 1.29 is 4.79 Å². The number of amides is 1. The minimum atomic E-state index is -0.226. The second kappa shape index (κ2) is 6.97. The molecular weight excluding hydrogens is 363 g/mol. The molecule has 0 heterocycles. The Bertz CT molecular complexity index is 614. The van der Waals surface area contributed by atoms with E-state index in [-0.39, 0.29) is 12.5 Å². The first-order valence-corrected chi connectivity index (χ1v) is 7.35. The lowest BCUT2D eigenvalue weighted by Gasteiger charge is -2.11. The predicted octanol–water partition coefficient (Wildman–Crippen LogP) is 4.81. The molecule has 0 aliphatic carbocycles. The van der Waals surface area contributed by atoms with Crippen LogP contribution in [-0.4, -0.2) is 12.5 Å². The van der Waals surface area contributed by atoms with Gasteiger partial charge in [0.1, 0.15) is 0 Å².